The summed E-state index contributed by atoms with van der Waals surface area (Å²) in [5.74, 6) is -0.658. The first-order valence-corrected chi connectivity index (χ1v) is 5.46. The monoisotopic (exact) mass is 244 g/mol. The van der Waals surface area contributed by atoms with Crippen LogP contribution in [-0.2, 0) is 16.0 Å². The van der Waals surface area contributed by atoms with Gasteiger partial charge < -0.3 is 4.74 Å². The maximum Gasteiger partial charge on any atom is 0.165 e. The summed E-state index contributed by atoms with van der Waals surface area (Å²) in [5, 5.41) is 0.0377. The van der Waals surface area contributed by atoms with Crippen LogP contribution >= 0.6 is 11.6 Å². The quantitative estimate of drug-likeness (QED) is 0.796. The van der Waals surface area contributed by atoms with Gasteiger partial charge in [0.2, 0.25) is 0 Å². The molecule has 0 aliphatic carbocycles. The van der Waals surface area contributed by atoms with Crippen LogP contribution in [0.15, 0.2) is 18.2 Å². The maximum absolute atomic E-state index is 13.5. The molecule has 2 nitrogen and oxygen atoms in total. The Labute approximate surface area is 99.4 Å². The van der Waals surface area contributed by atoms with Crippen LogP contribution in [0.3, 0.4) is 0 Å². The molecule has 1 unspecified atom stereocenters. The molecule has 1 atom stereocenters. The standard InChI is InChI=1S/C12H14ClFO2/c1-3-11(16-2)10(15)7-8-5-4-6-9(13)12(8)14/h4-6,11H,3,7H2,1-2H3. The minimum absolute atomic E-state index is 0.0126. The van der Waals surface area contributed by atoms with Crippen molar-refractivity contribution < 1.29 is 13.9 Å². The molecule has 1 aromatic rings. The highest BCUT2D eigenvalue weighted by molar-refractivity contribution is 6.30. The lowest BCUT2D eigenvalue weighted by Gasteiger charge is -2.12. The highest BCUT2D eigenvalue weighted by atomic mass is 35.5. The van der Waals surface area contributed by atoms with Gasteiger partial charge in [-0.2, -0.15) is 0 Å². The van der Waals surface area contributed by atoms with Crippen LogP contribution in [0.1, 0.15) is 18.9 Å². The van der Waals surface area contributed by atoms with E-state index in [0.717, 1.165) is 0 Å². The molecular formula is C12H14ClFO2. The number of hydrogen-bond acceptors (Lipinski definition) is 2. The van der Waals surface area contributed by atoms with Gasteiger partial charge >= 0.3 is 0 Å². The fraction of sp³-hybridized carbons (Fsp3) is 0.417. The minimum atomic E-state index is -0.525. The maximum atomic E-state index is 13.5. The van der Waals surface area contributed by atoms with E-state index in [1.165, 1.54) is 13.2 Å². The van der Waals surface area contributed by atoms with E-state index in [-0.39, 0.29) is 17.2 Å². The molecule has 1 rings (SSSR count). The molecule has 4 heteroatoms. The first kappa shape index (κ1) is 13.1. The second-order valence-electron chi connectivity index (χ2n) is 3.49. The molecule has 1 aromatic carbocycles. The highest BCUT2D eigenvalue weighted by Gasteiger charge is 2.18. The zero-order valence-electron chi connectivity index (χ0n) is 9.30. The lowest BCUT2D eigenvalue weighted by Crippen LogP contribution is -2.24. The van der Waals surface area contributed by atoms with Crippen molar-refractivity contribution in [3.63, 3.8) is 0 Å². The number of ether oxygens (including phenoxy) is 1. The second kappa shape index (κ2) is 5.97. The Bertz CT molecular complexity index is 375. The predicted octanol–water partition coefficient (Wildman–Crippen LogP) is 3.02. The van der Waals surface area contributed by atoms with Gasteiger partial charge in [-0.1, -0.05) is 30.7 Å². The molecule has 0 fully saturated rings. The normalized spacial score (nSPS) is 12.5. The third kappa shape index (κ3) is 3.03. The smallest absolute Gasteiger partial charge is 0.165 e. The molecule has 0 bridgehead atoms. The van der Waals surface area contributed by atoms with Gasteiger partial charge in [0, 0.05) is 13.5 Å². The number of carbonyl (C=O) groups excluding carboxylic acids is 1. The van der Waals surface area contributed by atoms with E-state index < -0.39 is 11.9 Å². The number of methoxy groups -OCH3 is 1. The van der Waals surface area contributed by atoms with Crippen LogP contribution in [0.25, 0.3) is 0 Å². The van der Waals surface area contributed by atoms with Crippen LogP contribution in [0.2, 0.25) is 5.02 Å². The van der Waals surface area contributed by atoms with Gasteiger partial charge in [-0.05, 0) is 18.1 Å². The van der Waals surface area contributed by atoms with Crippen LogP contribution < -0.4 is 0 Å². The second-order valence-corrected chi connectivity index (χ2v) is 3.90. The molecule has 0 spiro atoms. The van der Waals surface area contributed by atoms with Gasteiger partial charge in [0.1, 0.15) is 11.9 Å². The average molecular weight is 245 g/mol. The number of carbonyl (C=O) groups is 1. The van der Waals surface area contributed by atoms with Crippen LogP contribution in [0.5, 0.6) is 0 Å². The minimum Gasteiger partial charge on any atom is -0.374 e. The van der Waals surface area contributed by atoms with Crippen molar-refractivity contribution in [3.8, 4) is 0 Å². The van der Waals surface area contributed by atoms with Crippen molar-refractivity contribution in [1.82, 2.24) is 0 Å². The van der Waals surface area contributed by atoms with Gasteiger partial charge in [0.05, 0.1) is 5.02 Å². The fourth-order valence-corrected chi connectivity index (χ4v) is 1.71. The summed E-state index contributed by atoms with van der Waals surface area (Å²) < 4.78 is 18.5. The van der Waals surface area contributed by atoms with Gasteiger partial charge in [0.25, 0.3) is 0 Å². The van der Waals surface area contributed by atoms with Gasteiger partial charge in [-0.3, -0.25) is 4.79 Å². The number of ketones is 1. The van der Waals surface area contributed by atoms with Crippen LogP contribution in [-0.4, -0.2) is 19.0 Å². The highest BCUT2D eigenvalue weighted by Crippen LogP contribution is 2.19. The molecule has 88 valence electrons. The zero-order chi connectivity index (χ0) is 12.1. The van der Waals surface area contributed by atoms with Crippen molar-refractivity contribution >= 4 is 17.4 Å². The molecule has 0 saturated carbocycles. The Morgan fingerprint density at radius 1 is 1.56 bits per heavy atom. The summed E-state index contributed by atoms with van der Waals surface area (Å²) in [6.45, 7) is 1.85. The van der Waals surface area contributed by atoms with Crippen molar-refractivity contribution in [2.45, 2.75) is 25.9 Å². The lowest BCUT2D eigenvalue weighted by atomic mass is 10.0. The van der Waals surface area contributed by atoms with Gasteiger partial charge in [-0.25, -0.2) is 4.39 Å². The molecule has 0 radical (unpaired) electrons. The number of Topliss-reactive ketones (excluding diaryl/α,β-unsaturated/α-hetero) is 1. The van der Waals surface area contributed by atoms with Crippen LogP contribution in [0.4, 0.5) is 4.39 Å². The summed E-state index contributed by atoms with van der Waals surface area (Å²) in [4.78, 5) is 11.7. The van der Waals surface area contributed by atoms with E-state index in [4.69, 9.17) is 16.3 Å². The van der Waals surface area contributed by atoms with Crippen LogP contribution in [0, 0.1) is 5.82 Å². The van der Waals surface area contributed by atoms with Gasteiger partial charge in [-0.15, -0.1) is 0 Å². The fourth-order valence-electron chi connectivity index (χ4n) is 1.51. The summed E-state index contributed by atoms with van der Waals surface area (Å²) >= 11 is 5.63. The third-order valence-electron chi connectivity index (χ3n) is 2.41. The topological polar surface area (TPSA) is 26.3 Å². The molecule has 0 N–H and O–H groups in total. The van der Waals surface area contributed by atoms with Gasteiger partial charge in [0.15, 0.2) is 5.78 Å². The Morgan fingerprint density at radius 3 is 2.81 bits per heavy atom. The summed E-state index contributed by atoms with van der Waals surface area (Å²) in [6, 6.07) is 4.64. The van der Waals surface area contributed by atoms with E-state index in [2.05, 4.69) is 0 Å². The van der Waals surface area contributed by atoms with E-state index >= 15 is 0 Å². The molecular weight excluding hydrogens is 231 g/mol. The van der Waals surface area contributed by atoms with Crippen molar-refractivity contribution in [2.75, 3.05) is 7.11 Å². The molecule has 16 heavy (non-hydrogen) atoms. The molecule has 0 aliphatic rings. The Kier molecular flexibility index (Phi) is 4.90. The van der Waals surface area contributed by atoms with E-state index in [9.17, 15) is 9.18 Å². The Hall–Kier alpha value is -0.930. The van der Waals surface area contributed by atoms with E-state index in [0.29, 0.717) is 12.0 Å². The third-order valence-corrected chi connectivity index (χ3v) is 2.70. The molecule has 0 saturated heterocycles. The molecule has 0 aliphatic heterocycles. The Balaban J connectivity index is 2.80. The zero-order valence-corrected chi connectivity index (χ0v) is 10.1. The molecule has 0 amide bonds. The number of hydrogen-bond donors (Lipinski definition) is 0. The van der Waals surface area contributed by atoms with Crippen molar-refractivity contribution in [3.05, 3.63) is 34.6 Å². The first-order chi connectivity index (χ1) is 7.60. The number of rotatable bonds is 5. The average Bonchev–Trinajstić information content (AvgIpc) is 2.26. The SMILES string of the molecule is CCC(OC)C(=O)Cc1cccc(Cl)c1F. The number of halogens is 2. The lowest BCUT2D eigenvalue weighted by molar-refractivity contribution is -0.128. The first-order valence-electron chi connectivity index (χ1n) is 5.08. The summed E-state index contributed by atoms with van der Waals surface area (Å²) in [6.07, 6.45) is 0.120. The predicted molar refractivity (Wildman–Crippen MR) is 61.2 cm³/mol. The van der Waals surface area contributed by atoms with Crippen molar-refractivity contribution in [2.24, 2.45) is 0 Å². The van der Waals surface area contributed by atoms with Crippen molar-refractivity contribution in [1.29, 1.82) is 0 Å². The van der Waals surface area contributed by atoms with E-state index in [1.807, 2.05) is 6.92 Å². The Morgan fingerprint density at radius 2 is 2.25 bits per heavy atom. The molecule has 0 aromatic heterocycles. The summed E-state index contributed by atoms with van der Waals surface area (Å²) in [5.41, 5.74) is 0.313. The number of benzene rings is 1. The van der Waals surface area contributed by atoms with E-state index in [1.54, 1.807) is 12.1 Å². The summed E-state index contributed by atoms with van der Waals surface area (Å²) in [7, 11) is 1.47. The molecule has 0 heterocycles. The largest absolute Gasteiger partial charge is 0.374 e.